The molecular weight excluding hydrogens is 328 g/mol. The predicted molar refractivity (Wildman–Crippen MR) is 104 cm³/mol. The molecule has 0 aliphatic carbocycles. The zero-order valence-corrected chi connectivity index (χ0v) is 15.3. The first kappa shape index (κ1) is 18.1. The Labute approximate surface area is 153 Å². The third kappa shape index (κ3) is 4.46. The lowest BCUT2D eigenvalue weighted by Gasteiger charge is -2.20. The maximum Gasteiger partial charge on any atom is 0.276 e. The van der Waals surface area contributed by atoms with E-state index in [1.807, 2.05) is 30.5 Å². The van der Waals surface area contributed by atoms with E-state index in [9.17, 15) is 4.79 Å². The van der Waals surface area contributed by atoms with Gasteiger partial charge in [0.15, 0.2) is 0 Å². The van der Waals surface area contributed by atoms with Crippen molar-refractivity contribution in [2.24, 2.45) is 10.9 Å². The van der Waals surface area contributed by atoms with Gasteiger partial charge >= 0.3 is 0 Å². The van der Waals surface area contributed by atoms with Crippen molar-refractivity contribution < 1.29 is 9.53 Å². The van der Waals surface area contributed by atoms with Crippen molar-refractivity contribution in [3.63, 3.8) is 0 Å². The minimum atomic E-state index is -0.206. The van der Waals surface area contributed by atoms with Crippen LogP contribution in [0.2, 0.25) is 0 Å². The summed E-state index contributed by atoms with van der Waals surface area (Å²) >= 11 is 0. The van der Waals surface area contributed by atoms with Gasteiger partial charge in [-0.1, -0.05) is 26.0 Å². The molecule has 1 aliphatic heterocycles. The third-order valence-electron chi connectivity index (χ3n) is 4.13. The van der Waals surface area contributed by atoms with Crippen LogP contribution in [0.1, 0.15) is 25.8 Å². The molecule has 0 spiro atoms. The van der Waals surface area contributed by atoms with Crippen LogP contribution in [0.3, 0.4) is 0 Å². The van der Waals surface area contributed by atoms with E-state index in [0.717, 1.165) is 22.8 Å². The van der Waals surface area contributed by atoms with Crippen molar-refractivity contribution in [3.05, 3.63) is 47.9 Å². The maximum absolute atomic E-state index is 12.2. The molecule has 3 rings (SSSR count). The Balaban J connectivity index is 1.78. The molecule has 0 radical (unpaired) electrons. The highest BCUT2D eigenvalue weighted by atomic mass is 16.5. The molecule has 26 heavy (non-hydrogen) atoms. The number of pyridine rings is 1. The Kier molecular flexibility index (Phi) is 5.63. The van der Waals surface area contributed by atoms with E-state index in [1.54, 1.807) is 19.4 Å². The average Bonchev–Trinajstić information content (AvgIpc) is 2.93. The molecule has 1 aromatic heterocycles. The molecule has 1 aromatic carbocycles. The molecular formula is C20H24N4O2. The molecule has 0 bridgehead atoms. The standard InChI is InChI=1S/C20H24N4O2/c1-13(2)8-17(12-26-3)22-20-23-18(19(25)24-20)10-14-4-5-16-11-21-7-6-15(16)9-14/h4-7,9-11,13,17H,8,12H2,1-3H3,(H2,22,23,24,25)/b18-10-/t17-/m1/s1. The summed E-state index contributed by atoms with van der Waals surface area (Å²) in [6, 6.07) is 8.01. The predicted octanol–water partition coefficient (Wildman–Crippen LogP) is 2.71. The number of carbonyl (C=O) groups excluding carboxylic acids is 1. The van der Waals surface area contributed by atoms with Crippen LogP contribution in [-0.2, 0) is 9.53 Å². The zero-order valence-electron chi connectivity index (χ0n) is 15.3. The van der Waals surface area contributed by atoms with Crippen molar-refractivity contribution >= 4 is 28.7 Å². The van der Waals surface area contributed by atoms with Crippen molar-refractivity contribution in [3.8, 4) is 0 Å². The number of fused-ring (bicyclic) bond motifs is 1. The van der Waals surface area contributed by atoms with Gasteiger partial charge < -0.3 is 10.1 Å². The van der Waals surface area contributed by atoms with Crippen LogP contribution < -0.4 is 10.6 Å². The van der Waals surface area contributed by atoms with E-state index in [-0.39, 0.29) is 11.9 Å². The number of carbonyl (C=O) groups is 1. The van der Waals surface area contributed by atoms with Crippen LogP contribution in [-0.4, -0.2) is 36.6 Å². The second-order valence-corrected chi connectivity index (χ2v) is 6.85. The van der Waals surface area contributed by atoms with Gasteiger partial charge in [-0.3, -0.25) is 15.1 Å². The summed E-state index contributed by atoms with van der Waals surface area (Å²) in [4.78, 5) is 20.8. The SMILES string of the molecule is COC[C@@H](CC(C)C)NC1=N/C(=C\c2ccc3cnccc3c2)C(=O)N1. The number of guanidine groups is 1. The topological polar surface area (TPSA) is 75.6 Å². The number of hydrogen-bond acceptors (Lipinski definition) is 5. The molecule has 6 nitrogen and oxygen atoms in total. The maximum atomic E-state index is 12.2. The fourth-order valence-corrected chi connectivity index (χ4v) is 3.02. The average molecular weight is 352 g/mol. The molecule has 2 aromatic rings. The first-order valence-corrected chi connectivity index (χ1v) is 8.76. The number of aliphatic imine (C=N–C) groups is 1. The molecule has 0 unspecified atom stereocenters. The lowest BCUT2D eigenvalue weighted by atomic mass is 10.0. The van der Waals surface area contributed by atoms with E-state index in [4.69, 9.17) is 4.74 Å². The van der Waals surface area contributed by atoms with Gasteiger partial charge in [0.25, 0.3) is 5.91 Å². The van der Waals surface area contributed by atoms with E-state index < -0.39 is 0 Å². The third-order valence-corrected chi connectivity index (χ3v) is 4.13. The monoisotopic (exact) mass is 352 g/mol. The van der Waals surface area contributed by atoms with E-state index in [2.05, 4.69) is 34.5 Å². The quantitative estimate of drug-likeness (QED) is 0.784. The normalized spacial score (nSPS) is 16.8. The molecule has 1 amide bonds. The van der Waals surface area contributed by atoms with Gasteiger partial charge in [0.2, 0.25) is 5.96 Å². The number of nitrogens with one attached hydrogen (secondary N) is 2. The number of rotatable bonds is 6. The summed E-state index contributed by atoms with van der Waals surface area (Å²) in [6.45, 7) is 4.87. The Morgan fingerprint density at radius 2 is 2.12 bits per heavy atom. The van der Waals surface area contributed by atoms with Crippen LogP contribution in [0, 0.1) is 5.92 Å². The summed E-state index contributed by atoms with van der Waals surface area (Å²) in [5.41, 5.74) is 1.32. The first-order chi connectivity index (χ1) is 12.5. The number of amides is 1. The number of methoxy groups -OCH3 is 1. The zero-order chi connectivity index (χ0) is 18.5. The molecule has 2 N–H and O–H groups in total. The van der Waals surface area contributed by atoms with Crippen molar-refractivity contribution in [2.45, 2.75) is 26.3 Å². The number of ether oxygens (including phenoxy) is 1. The lowest BCUT2D eigenvalue weighted by molar-refractivity contribution is -0.115. The smallest absolute Gasteiger partial charge is 0.276 e. The van der Waals surface area contributed by atoms with Crippen molar-refractivity contribution in [2.75, 3.05) is 13.7 Å². The number of benzene rings is 1. The van der Waals surface area contributed by atoms with E-state index in [1.165, 1.54) is 0 Å². The van der Waals surface area contributed by atoms with Gasteiger partial charge in [-0.05, 0) is 41.5 Å². The van der Waals surface area contributed by atoms with Crippen LogP contribution in [0.25, 0.3) is 16.8 Å². The van der Waals surface area contributed by atoms with Gasteiger partial charge in [-0.25, -0.2) is 4.99 Å². The molecule has 6 heteroatoms. The second-order valence-electron chi connectivity index (χ2n) is 6.85. The van der Waals surface area contributed by atoms with Gasteiger partial charge in [0.05, 0.1) is 12.6 Å². The Morgan fingerprint density at radius 3 is 2.88 bits per heavy atom. The fraction of sp³-hybridized carbons (Fsp3) is 0.350. The molecule has 0 fully saturated rings. The minimum Gasteiger partial charge on any atom is -0.383 e. The van der Waals surface area contributed by atoms with E-state index >= 15 is 0 Å². The van der Waals surface area contributed by atoms with Crippen LogP contribution in [0.4, 0.5) is 0 Å². The summed E-state index contributed by atoms with van der Waals surface area (Å²) in [7, 11) is 1.67. The molecule has 1 aliphatic rings. The number of hydrogen-bond donors (Lipinski definition) is 2. The Hall–Kier alpha value is -2.73. The Morgan fingerprint density at radius 1 is 1.27 bits per heavy atom. The minimum absolute atomic E-state index is 0.103. The highest BCUT2D eigenvalue weighted by molar-refractivity contribution is 6.13. The van der Waals surface area contributed by atoms with Gasteiger partial charge in [-0.15, -0.1) is 0 Å². The fourth-order valence-electron chi connectivity index (χ4n) is 3.02. The largest absolute Gasteiger partial charge is 0.383 e. The summed E-state index contributed by atoms with van der Waals surface area (Å²) in [5.74, 6) is 0.791. The van der Waals surface area contributed by atoms with Crippen molar-refractivity contribution in [1.82, 2.24) is 15.6 Å². The molecule has 136 valence electrons. The number of aromatic nitrogens is 1. The van der Waals surface area contributed by atoms with Gasteiger partial charge in [0, 0.05) is 24.9 Å². The summed E-state index contributed by atoms with van der Waals surface area (Å²) in [5, 5.41) is 8.20. The van der Waals surface area contributed by atoms with Gasteiger partial charge in [0.1, 0.15) is 5.70 Å². The summed E-state index contributed by atoms with van der Waals surface area (Å²) < 4.78 is 5.26. The molecule has 0 saturated carbocycles. The Bertz CT molecular complexity index is 858. The second kappa shape index (κ2) is 8.10. The molecule has 0 saturated heterocycles. The van der Waals surface area contributed by atoms with Crippen molar-refractivity contribution in [1.29, 1.82) is 0 Å². The molecule has 1 atom stereocenters. The summed E-state index contributed by atoms with van der Waals surface area (Å²) in [6.07, 6.45) is 6.30. The highest BCUT2D eigenvalue weighted by Gasteiger charge is 2.22. The number of nitrogens with zero attached hydrogens (tertiary/aromatic N) is 2. The first-order valence-electron chi connectivity index (χ1n) is 8.76. The lowest BCUT2D eigenvalue weighted by Crippen LogP contribution is -2.45. The van der Waals surface area contributed by atoms with Gasteiger partial charge in [-0.2, -0.15) is 0 Å². The highest BCUT2D eigenvalue weighted by Crippen LogP contribution is 2.18. The van der Waals surface area contributed by atoms with Crippen LogP contribution >= 0.6 is 0 Å². The van der Waals surface area contributed by atoms with Crippen LogP contribution in [0.5, 0.6) is 0 Å². The van der Waals surface area contributed by atoms with Crippen LogP contribution in [0.15, 0.2) is 47.3 Å². The van der Waals surface area contributed by atoms with E-state index in [0.29, 0.717) is 24.2 Å². The molecule has 2 heterocycles.